The summed E-state index contributed by atoms with van der Waals surface area (Å²) in [5.41, 5.74) is 5.83. The minimum Gasteiger partial charge on any atom is -0.484 e. The Labute approximate surface area is 161 Å². The number of Topliss-reactive ketones (excluding diaryl/α,β-unsaturated/α-hetero) is 1. The molecule has 1 amide bonds. The smallest absolute Gasteiger partial charge is 0.258 e. The van der Waals surface area contributed by atoms with Crippen LogP contribution in [-0.4, -0.2) is 49.3 Å². The van der Waals surface area contributed by atoms with Crippen LogP contribution in [0.15, 0.2) is 18.2 Å². The van der Waals surface area contributed by atoms with Crippen molar-refractivity contribution in [3.8, 4) is 5.75 Å². The third-order valence-corrected chi connectivity index (χ3v) is 3.59. The van der Waals surface area contributed by atoms with Gasteiger partial charge in [0.15, 0.2) is 12.4 Å². The lowest BCUT2D eigenvalue weighted by atomic mass is 10.1. The molecule has 0 saturated heterocycles. The summed E-state index contributed by atoms with van der Waals surface area (Å²) < 4.78 is 16.8. The molecule has 0 atom stereocenters. The molecule has 0 radical (unpaired) electrons. The largest absolute Gasteiger partial charge is 0.484 e. The van der Waals surface area contributed by atoms with Gasteiger partial charge in [0.25, 0.3) is 5.91 Å². The van der Waals surface area contributed by atoms with Crippen molar-refractivity contribution in [2.24, 2.45) is 0 Å². The predicted molar refractivity (Wildman–Crippen MR) is 105 cm³/mol. The molecule has 7 heteroatoms. The van der Waals surface area contributed by atoms with Crippen molar-refractivity contribution in [1.29, 1.82) is 0 Å². The number of hydrogen-bond acceptors (Lipinski definition) is 6. The molecule has 0 fully saturated rings. The molecule has 0 aromatic heterocycles. The first-order chi connectivity index (χ1) is 12.4. The Bertz CT molecular complexity index is 650. The van der Waals surface area contributed by atoms with Gasteiger partial charge in [0, 0.05) is 23.9 Å². The number of benzene rings is 1. The number of rotatable bonds is 10. The van der Waals surface area contributed by atoms with Crippen molar-refractivity contribution < 1.29 is 23.8 Å². The normalized spacial score (nSPS) is 11.9. The quantitative estimate of drug-likeness (QED) is 0.368. The summed E-state index contributed by atoms with van der Waals surface area (Å²) in [6.07, 6.45) is 0. The molecular formula is C20H32N2O5. The molecule has 0 bridgehead atoms. The Morgan fingerprint density at radius 1 is 1.07 bits per heavy atom. The maximum atomic E-state index is 12.0. The van der Waals surface area contributed by atoms with Crippen LogP contribution in [0.25, 0.3) is 0 Å². The molecule has 1 aromatic carbocycles. The number of nitrogens with one attached hydrogen (secondary N) is 1. The average Bonchev–Trinajstić information content (AvgIpc) is 2.54. The minimum absolute atomic E-state index is 0.119. The molecule has 27 heavy (non-hydrogen) atoms. The van der Waals surface area contributed by atoms with Gasteiger partial charge in [-0.25, -0.2) is 0 Å². The minimum atomic E-state index is -0.523. The van der Waals surface area contributed by atoms with E-state index in [0.29, 0.717) is 36.8 Å². The molecule has 1 aromatic rings. The number of carbonyl (C=O) groups is 2. The van der Waals surface area contributed by atoms with Gasteiger partial charge in [-0.3, -0.25) is 9.59 Å². The van der Waals surface area contributed by atoms with Gasteiger partial charge >= 0.3 is 0 Å². The van der Waals surface area contributed by atoms with E-state index in [1.165, 1.54) is 13.0 Å². The Morgan fingerprint density at radius 3 is 2.26 bits per heavy atom. The summed E-state index contributed by atoms with van der Waals surface area (Å²) in [6, 6.07) is 4.73. The van der Waals surface area contributed by atoms with Crippen molar-refractivity contribution in [3.05, 3.63) is 23.8 Å². The van der Waals surface area contributed by atoms with Gasteiger partial charge < -0.3 is 25.3 Å². The number of nitrogens with two attached hydrogens (primary N) is 1. The van der Waals surface area contributed by atoms with E-state index in [2.05, 4.69) is 5.32 Å². The topological polar surface area (TPSA) is 99.9 Å². The number of hydrogen-bond donors (Lipinski definition) is 2. The summed E-state index contributed by atoms with van der Waals surface area (Å²) in [6.45, 7) is 12.3. The first-order valence-corrected chi connectivity index (χ1v) is 8.97. The maximum absolute atomic E-state index is 12.0. The standard InChI is InChI=1S/C20H32N2O5/c1-14(23)16-8-7-15(11-17(16)21)25-12-18(24)22-13-20(5,6)27-10-9-26-19(2,3)4/h7-8,11H,9-10,12-13,21H2,1-6H3,(H,22,24). The van der Waals surface area contributed by atoms with Gasteiger partial charge in [-0.05, 0) is 53.7 Å². The maximum Gasteiger partial charge on any atom is 0.258 e. The van der Waals surface area contributed by atoms with Crippen LogP contribution in [0.3, 0.4) is 0 Å². The van der Waals surface area contributed by atoms with Crippen LogP contribution in [0.1, 0.15) is 51.9 Å². The first-order valence-electron chi connectivity index (χ1n) is 8.97. The number of anilines is 1. The molecule has 0 spiro atoms. The lowest BCUT2D eigenvalue weighted by molar-refractivity contribution is -0.125. The van der Waals surface area contributed by atoms with Crippen molar-refractivity contribution in [2.45, 2.75) is 52.7 Å². The van der Waals surface area contributed by atoms with Crippen molar-refractivity contribution >= 4 is 17.4 Å². The number of amides is 1. The highest BCUT2D eigenvalue weighted by atomic mass is 16.5. The van der Waals surface area contributed by atoms with E-state index in [9.17, 15) is 9.59 Å². The predicted octanol–water partition coefficient (Wildman–Crippen LogP) is 2.58. The number of ether oxygens (including phenoxy) is 3. The summed E-state index contributed by atoms with van der Waals surface area (Å²) in [5.74, 6) is 0.0428. The third-order valence-electron chi connectivity index (χ3n) is 3.59. The second-order valence-corrected chi connectivity index (χ2v) is 7.94. The van der Waals surface area contributed by atoms with E-state index >= 15 is 0 Å². The molecule has 152 valence electrons. The molecule has 3 N–H and O–H groups in total. The summed E-state index contributed by atoms with van der Waals surface area (Å²) in [5, 5.41) is 2.78. The van der Waals surface area contributed by atoms with Gasteiger partial charge in [0.1, 0.15) is 5.75 Å². The summed E-state index contributed by atoms with van der Waals surface area (Å²) in [4.78, 5) is 23.3. The number of carbonyl (C=O) groups excluding carboxylic acids is 2. The molecule has 0 unspecified atom stereocenters. The van der Waals surface area contributed by atoms with E-state index in [-0.39, 0.29) is 23.9 Å². The van der Waals surface area contributed by atoms with Gasteiger partial charge in [-0.2, -0.15) is 0 Å². The molecule has 7 nitrogen and oxygen atoms in total. The molecule has 0 aliphatic heterocycles. The fraction of sp³-hybridized carbons (Fsp3) is 0.600. The monoisotopic (exact) mass is 380 g/mol. The second-order valence-electron chi connectivity index (χ2n) is 7.94. The molecule has 0 aliphatic carbocycles. The fourth-order valence-electron chi connectivity index (χ4n) is 2.18. The zero-order chi connectivity index (χ0) is 20.7. The van der Waals surface area contributed by atoms with E-state index in [4.69, 9.17) is 19.9 Å². The van der Waals surface area contributed by atoms with Crippen LogP contribution < -0.4 is 15.8 Å². The van der Waals surface area contributed by atoms with Gasteiger partial charge in [-0.15, -0.1) is 0 Å². The second kappa shape index (κ2) is 9.71. The molecule has 0 heterocycles. The van der Waals surface area contributed by atoms with Crippen LogP contribution >= 0.6 is 0 Å². The van der Waals surface area contributed by atoms with Crippen LogP contribution in [-0.2, 0) is 14.3 Å². The molecule has 0 saturated carbocycles. The van der Waals surface area contributed by atoms with Crippen LogP contribution in [0.5, 0.6) is 5.75 Å². The zero-order valence-electron chi connectivity index (χ0n) is 17.2. The van der Waals surface area contributed by atoms with Crippen LogP contribution in [0.4, 0.5) is 5.69 Å². The summed E-state index contributed by atoms with van der Waals surface area (Å²) >= 11 is 0. The third kappa shape index (κ3) is 9.40. The SMILES string of the molecule is CC(=O)c1ccc(OCC(=O)NCC(C)(C)OCCOC(C)(C)C)cc1N. The van der Waals surface area contributed by atoms with Gasteiger partial charge in [0.05, 0.1) is 24.4 Å². The summed E-state index contributed by atoms with van der Waals surface area (Å²) in [7, 11) is 0. The Kier molecular flexibility index (Phi) is 8.24. The van der Waals surface area contributed by atoms with Crippen LogP contribution in [0, 0.1) is 0 Å². The highest BCUT2D eigenvalue weighted by Crippen LogP contribution is 2.20. The van der Waals surface area contributed by atoms with Crippen LogP contribution in [0.2, 0.25) is 0 Å². The number of nitrogen functional groups attached to an aromatic ring is 1. The average molecular weight is 380 g/mol. The Balaban J connectivity index is 2.35. The number of ketones is 1. The lowest BCUT2D eigenvalue weighted by Gasteiger charge is -2.27. The van der Waals surface area contributed by atoms with E-state index < -0.39 is 5.60 Å². The van der Waals surface area contributed by atoms with Crippen molar-refractivity contribution in [1.82, 2.24) is 5.32 Å². The van der Waals surface area contributed by atoms with E-state index in [0.717, 1.165) is 0 Å². The highest BCUT2D eigenvalue weighted by Gasteiger charge is 2.20. The van der Waals surface area contributed by atoms with Gasteiger partial charge in [0.2, 0.25) is 0 Å². The first kappa shape index (κ1) is 22.9. The molecular weight excluding hydrogens is 348 g/mol. The fourth-order valence-corrected chi connectivity index (χ4v) is 2.18. The molecule has 0 aliphatic rings. The Morgan fingerprint density at radius 2 is 1.70 bits per heavy atom. The molecule has 1 rings (SSSR count). The van der Waals surface area contributed by atoms with E-state index in [1.807, 2.05) is 34.6 Å². The highest BCUT2D eigenvalue weighted by molar-refractivity contribution is 5.99. The zero-order valence-corrected chi connectivity index (χ0v) is 17.2. The van der Waals surface area contributed by atoms with Gasteiger partial charge in [-0.1, -0.05) is 0 Å². The lowest BCUT2D eigenvalue weighted by Crippen LogP contribution is -2.42. The van der Waals surface area contributed by atoms with Crippen molar-refractivity contribution in [3.63, 3.8) is 0 Å². The Hall–Kier alpha value is -2.12. The van der Waals surface area contributed by atoms with Crippen molar-refractivity contribution in [2.75, 3.05) is 32.1 Å². The van der Waals surface area contributed by atoms with E-state index in [1.54, 1.807) is 12.1 Å².